The van der Waals surface area contributed by atoms with Gasteiger partial charge in [-0.2, -0.15) is 5.10 Å². The zero-order valence-corrected chi connectivity index (χ0v) is 15.0. The van der Waals surface area contributed by atoms with Crippen LogP contribution in [0.25, 0.3) is 0 Å². The molecule has 3 rings (SSSR count). The van der Waals surface area contributed by atoms with Crippen LogP contribution in [-0.2, 0) is 0 Å². The molecule has 4 nitrogen and oxygen atoms in total. The van der Waals surface area contributed by atoms with Crippen LogP contribution < -0.4 is 5.73 Å². The zero-order chi connectivity index (χ0) is 16.2. The third-order valence-electron chi connectivity index (χ3n) is 4.39. The van der Waals surface area contributed by atoms with E-state index in [9.17, 15) is 0 Å². The fourth-order valence-electron chi connectivity index (χ4n) is 3.13. The molecule has 1 unspecified atom stereocenters. The highest BCUT2D eigenvalue weighted by Gasteiger charge is 2.30. The summed E-state index contributed by atoms with van der Waals surface area (Å²) in [7, 11) is 0. The number of aliphatic imine (C=N–C) groups is 1. The first-order chi connectivity index (χ1) is 11.1. The van der Waals surface area contributed by atoms with E-state index in [0.717, 1.165) is 18.2 Å². The highest BCUT2D eigenvalue weighted by atomic mass is 35.5. The largest absolute Gasteiger partial charge is 0.386 e. The summed E-state index contributed by atoms with van der Waals surface area (Å²) >= 11 is 7.84. The summed E-state index contributed by atoms with van der Waals surface area (Å²) in [6, 6.07) is 7.50. The van der Waals surface area contributed by atoms with Gasteiger partial charge in [-0.15, -0.1) is 0 Å². The van der Waals surface area contributed by atoms with E-state index < -0.39 is 0 Å². The predicted molar refractivity (Wildman–Crippen MR) is 101 cm³/mol. The van der Waals surface area contributed by atoms with Crippen molar-refractivity contribution < 1.29 is 0 Å². The maximum Gasteiger partial charge on any atom is 0.123 e. The van der Waals surface area contributed by atoms with Crippen molar-refractivity contribution in [3.05, 3.63) is 29.3 Å². The van der Waals surface area contributed by atoms with Gasteiger partial charge < -0.3 is 5.73 Å². The van der Waals surface area contributed by atoms with Crippen molar-refractivity contribution in [3.63, 3.8) is 0 Å². The van der Waals surface area contributed by atoms with Gasteiger partial charge in [0.1, 0.15) is 11.1 Å². The van der Waals surface area contributed by atoms with Crippen LogP contribution in [0.15, 0.2) is 34.4 Å². The summed E-state index contributed by atoms with van der Waals surface area (Å²) < 4.78 is 2.10. The molecular weight excluding hydrogens is 328 g/mol. The summed E-state index contributed by atoms with van der Waals surface area (Å²) in [5.74, 6) is 1.32. The number of hydrogen-bond donors (Lipinski definition) is 1. The molecule has 0 amide bonds. The average Bonchev–Trinajstić information content (AvgIpc) is 2.91. The molecule has 2 N–H and O–H groups in total. The second-order valence-electron chi connectivity index (χ2n) is 6.25. The lowest BCUT2D eigenvalue weighted by Crippen LogP contribution is -2.30. The van der Waals surface area contributed by atoms with Gasteiger partial charge in [-0.25, -0.2) is 9.41 Å². The van der Waals surface area contributed by atoms with Crippen LogP contribution in [0.1, 0.15) is 39.0 Å². The van der Waals surface area contributed by atoms with E-state index in [1.807, 2.05) is 31.2 Å². The van der Waals surface area contributed by atoms with Crippen LogP contribution in [0.3, 0.4) is 0 Å². The second kappa shape index (κ2) is 7.58. The Bertz CT molecular complexity index is 610. The Morgan fingerprint density at radius 3 is 2.83 bits per heavy atom. The summed E-state index contributed by atoms with van der Waals surface area (Å²) in [6.07, 6.45) is 6.72. The maximum atomic E-state index is 6.23. The maximum absolute atomic E-state index is 6.23. The first-order valence-electron chi connectivity index (χ1n) is 8.21. The average molecular weight is 351 g/mol. The van der Waals surface area contributed by atoms with Crippen LogP contribution in [-0.4, -0.2) is 27.8 Å². The topological polar surface area (TPSA) is 54.0 Å². The van der Waals surface area contributed by atoms with E-state index >= 15 is 0 Å². The predicted octanol–water partition coefficient (Wildman–Crippen LogP) is 4.62. The molecule has 0 saturated heterocycles. The molecule has 1 saturated carbocycles. The number of nitrogens with zero attached hydrogens (tertiary/aromatic N) is 3. The van der Waals surface area contributed by atoms with Gasteiger partial charge in [0.05, 0.1) is 23.0 Å². The van der Waals surface area contributed by atoms with Crippen LogP contribution >= 0.6 is 23.5 Å². The Morgan fingerprint density at radius 2 is 2.09 bits per heavy atom. The van der Waals surface area contributed by atoms with E-state index in [1.54, 1.807) is 11.9 Å². The van der Waals surface area contributed by atoms with Gasteiger partial charge in [-0.1, -0.05) is 43.0 Å². The number of amidine groups is 1. The molecule has 0 bridgehead atoms. The Hall–Kier alpha value is -1.20. The Labute approximate surface area is 147 Å². The molecule has 1 atom stereocenters. The summed E-state index contributed by atoms with van der Waals surface area (Å²) in [4.78, 5) is 4.51. The minimum absolute atomic E-state index is 0.00913. The first kappa shape index (κ1) is 16.7. The van der Waals surface area contributed by atoms with Gasteiger partial charge in [0.2, 0.25) is 0 Å². The quantitative estimate of drug-likeness (QED) is 0.489. The fourth-order valence-corrected chi connectivity index (χ4v) is 4.39. The summed E-state index contributed by atoms with van der Waals surface area (Å²) in [6.45, 7) is 3.03. The number of hydrogen-bond acceptors (Lipinski definition) is 4. The highest BCUT2D eigenvalue weighted by Crippen LogP contribution is 2.33. The van der Waals surface area contributed by atoms with Gasteiger partial charge in [0.25, 0.3) is 0 Å². The van der Waals surface area contributed by atoms with Crippen LogP contribution in [0, 0.1) is 5.92 Å². The van der Waals surface area contributed by atoms with Crippen LogP contribution in [0.5, 0.6) is 0 Å². The molecule has 23 heavy (non-hydrogen) atoms. The molecule has 0 radical (unpaired) electrons. The van der Waals surface area contributed by atoms with E-state index in [1.165, 1.54) is 32.1 Å². The van der Waals surface area contributed by atoms with E-state index in [2.05, 4.69) is 14.5 Å². The Balaban J connectivity index is 1.65. The number of hydrazone groups is 1. The molecule has 1 fully saturated rings. The Morgan fingerprint density at radius 1 is 1.35 bits per heavy atom. The molecule has 1 aliphatic carbocycles. The SMILES string of the molecule is CC1=NN(CC2CCCCC2)SC1C(N)=Nc1ccccc1Cl. The van der Waals surface area contributed by atoms with Crippen LogP contribution in [0.2, 0.25) is 5.02 Å². The number of benzene rings is 1. The van der Waals surface area contributed by atoms with E-state index in [4.69, 9.17) is 17.3 Å². The standard InChI is InChI=1S/C17H23ClN4S/c1-12-16(17(19)20-15-10-6-5-9-14(15)18)23-22(21-12)11-13-7-3-2-4-8-13/h5-6,9-10,13,16H,2-4,7-8,11H2,1H3,(H2,19,20). The molecule has 6 heteroatoms. The minimum atomic E-state index is 0.00913. The number of rotatable bonds is 4. The minimum Gasteiger partial charge on any atom is -0.386 e. The highest BCUT2D eigenvalue weighted by molar-refractivity contribution is 7.99. The third kappa shape index (κ3) is 4.21. The lowest BCUT2D eigenvalue weighted by molar-refractivity contribution is 0.299. The number of para-hydroxylation sites is 1. The zero-order valence-electron chi connectivity index (χ0n) is 13.4. The van der Waals surface area contributed by atoms with Gasteiger partial charge in [-0.3, -0.25) is 0 Å². The van der Waals surface area contributed by atoms with Gasteiger partial charge in [0.15, 0.2) is 0 Å². The van der Waals surface area contributed by atoms with Crippen molar-refractivity contribution in [2.45, 2.75) is 44.3 Å². The molecule has 1 heterocycles. The molecule has 1 aromatic carbocycles. The fraction of sp³-hybridized carbons (Fsp3) is 0.529. The molecule has 1 aromatic rings. The van der Waals surface area contributed by atoms with Crippen molar-refractivity contribution in [2.75, 3.05) is 6.54 Å². The van der Waals surface area contributed by atoms with E-state index in [-0.39, 0.29) is 5.25 Å². The number of halogens is 1. The van der Waals surface area contributed by atoms with Crippen molar-refractivity contribution >= 4 is 40.8 Å². The van der Waals surface area contributed by atoms with Gasteiger partial charge in [-0.05, 0) is 49.8 Å². The third-order valence-corrected chi connectivity index (χ3v) is 5.97. The van der Waals surface area contributed by atoms with Crippen LogP contribution in [0.4, 0.5) is 5.69 Å². The molecule has 124 valence electrons. The van der Waals surface area contributed by atoms with Gasteiger partial charge in [0, 0.05) is 0 Å². The Kier molecular flexibility index (Phi) is 5.49. The van der Waals surface area contributed by atoms with Crippen molar-refractivity contribution in [1.29, 1.82) is 0 Å². The molecule has 2 aliphatic rings. The number of nitrogens with two attached hydrogens (primary N) is 1. The monoisotopic (exact) mass is 350 g/mol. The smallest absolute Gasteiger partial charge is 0.123 e. The van der Waals surface area contributed by atoms with Crippen molar-refractivity contribution in [2.24, 2.45) is 21.7 Å². The molecular formula is C17H23ClN4S. The lowest BCUT2D eigenvalue weighted by atomic mass is 9.89. The molecule has 0 spiro atoms. The van der Waals surface area contributed by atoms with Gasteiger partial charge >= 0.3 is 0 Å². The lowest BCUT2D eigenvalue weighted by Gasteiger charge is -2.25. The summed E-state index contributed by atoms with van der Waals surface area (Å²) in [5.41, 5.74) is 7.96. The van der Waals surface area contributed by atoms with Crippen molar-refractivity contribution in [3.8, 4) is 0 Å². The molecule has 1 aliphatic heterocycles. The summed E-state index contributed by atoms with van der Waals surface area (Å²) in [5, 5.41) is 5.30. The first-order valence-corrected chi connectivity index (χ1v) is 9.43. The normalized spacial score (nSPS) is 23.2. The second-order valence-corrected chi connectivity index (χ2v) is 7.76. The van der Waals surface area contributed by atoms with E-state index in [0.29, 0.717) is 16.5 Å². The molecule has 0 aromatic heterocycles. The van der Waals surface area contributed by atoms with Crippen molar-refractivity contribution in [1.82, 2.24) is 4.41 Å².